The van der Waals surface area contributed by atoms with Crippen molar-refractivity contribution in [2.75, 3.05) is 11.9 Å². The van der Waals surface area contributed by atoms with Gasteiger partial charge in [-0.15, -0.1) is 0 Å². The van der Waals surface area contributed by atoms with Crippen LogP contribution in [0.5, 0.6) is 5.75 Å². The lowest BCUT2D eigenvalue weighted by molar-refractivity contribution is -0.155. The number of nitrogens with one attached hydrogen (secondary N) is 1. The van der Waals surface area contributed by atoms with E-state index in [0.717, 1.165) is 5.56 Å². The van der Waals surface area contributed by atoms with Gasteiger partial charge < -0.3 is 14.8 Å². The van der Waals surface area contributed by atoms with Gasteiger partial charge in [-0.1, -0.05) is 17.7 Å². The summed E-state index contributed by atoms with van der Waals surface area (Å²) in [5, 5.41) is 2.90. The summed E-state index contributed by atoms with van der Waals surface area (Å²) in [5.41, 5.74) is 1.33. The van der Waals surface area contributed by atoms with Crippen LogP contribution in [0.15, 0.2) is 42.5 Å². The molecular weight excluding hydrogens is 349 g/mol. The predicted octanol–water partition coefficient (Wildman–Crippen LogP) is 3.74. The third-order valence-corrected chi connectivity index (χ3v) is 3.53. The minimum Gasteiger partial charge on any atom is -0.480 e. The Balaban J connectivity index is 1.83. The van der Waals surface area contributed by atoms with E-state index in [0.29, 0.717) is 16.5 Å². The average Bonchev–Trinajstić information content (AvgIpc) is 2.57. The van der Waals surface area contributed by atoms with E-state index < -0.39 is 23.8 Å². The summed E-state index contributed by atoms with van der Waals surface area (Å²) >= 11 is 5.97. The second-order valence-corrected chi connectivity index (χ2v) is 5.76. The minimum atomic E-state index is -1.03. The van der Waals surface area contributed by atoms with Gasteiger partial charge in [0.2, 0.25) is 0 Å². The van der Waals surface area contributed by atoms with Crippen molar-refractivity contribution < 1.29 is 23.5 Å². The van der Waals surface area contributed by atoms with Crippen molar-refractivity contribution in [2.24, 2.45) is 0 Å². The number of hydrogen-bond acceptors (Lipinski definition) is 4. The van der Waals surface area contributed by atoms with E-state index >= 15 is 0 Å². The summed E-state index contributed by atoms with van der Waals surface area (Å²) in [6, 6.07) is 10.4. The summed E-state index contributed by atoms with van der Waals surface area (Å²) in [7, 11) is 0. The number of rotatable bonds is 6. The topological polar surface area (TPSA) is 64.6 Å². The monoisotopic (exact) mass is 365 g/mol. The van der Waals surface area contributed by atoms with Crippen molar-refractivity contribution in [1.29, 1.82) is 0 Å². The largest absolute Gasteiger partial charge is 0.480 e. The quantitative estimate of drug-likeness (QED) is 0.792. The molecule has 2 rings (SSSR count). The van der Waals surface area contributed by atoms with Crippen LogP contribution in [0.2, 0.25) is 5.02 Å². The van der Waals surface area contributed by atoms with E-state index in [9.17, 15) is 14.0 Å². The molecule has 0 heterocycles. The Hall–Kier alpha value is -2.60. The molecular formula is C18H17ClFNO4. The summed E-state index contributed by atoms with van der Waals surface area (Å²) in [5.74, 6) is -1.29. The number of aryl methyl sites for hydroxylation is 1. The first-order chi connectivity index (χ1) is 11.8. The summed E-state index contributed by atoms with van der Waals surface area (Å²) < 4.78 is 23.1. The standard InChI is InChI=1S/C18H17ClFNO4/c1-11-3-8-15(19)16(9-11)24-10-17(22)25-12(2)18(23)21-14-6-4-13(20)5-7-14/h3-9,12H,10H2,1-2H3,(H,21,23)/t12-/m0/s1. The van der Waals surface area contributed by atoms with Crippen LogP contribution >= 0.6 is 11.6 Å². The third-order valence-electron chi connectivity index (χ3n) is 3.22. The lowest BCUT2D eigenvalue weighted by atomic mass is 10.2. The first-order valence-corrected chi connectivity index (χ1v) is 7.88. The number of ether oxygens (including phenoxy) is 2. The van der Waals surface area contributed by atoms with E-state index in [4.69, 9.17) is 21.1 Å². The van der Waals surface area contributed by atoms with E-state index in [-0.39, 0.29) is 6.61 Å². The van der Waals surface area contributed by atoms with Gasteiger partial charge >= 0.3 is 5.97 Å². The van der Waals surface area contributed by atoms with Gasteiger partial charge in [-0.25, -0.2) is 9.18 Å². The van der Waals surface area contributed by atoms with Gasteiger partial charge in [-0.05, 0) is 55.8 Å². The lowest BCUT2D eigenvalue weighted by Gasteiger charge is -2.14. The van der Waals surface area contributed by atoms with E-state index in [1.54, 1.807) is 12.1 Å². The van der Waals surface area contributed by atoms with Crippen molar-refractivity contribution in [3.8, 4) is 5.75 Å². The zero-order chi connectivity index (χ0) is 18.4. The molecule has 1 N–H and O–H groups in total. The van der Waals surface area contributed by atoms with E-state index in [2.05, 4.69) is 5.32 Å². The van der Waals surface area contributed by atoms with E-state index in [1.165, 1.54) is 31.2 Å². The third kappa shape index (κ3) is 5.76. The maximum Gasteiger partial charge on any atom is 0.344 e. The molecule has 0 bridgehead atoms. The van der Waals surface area contributed by atoms with Crippen LogP contribution in [-0.4, -0.2) is 24.6 Å². The van der Waals surface area contributed by atoms with Crippen LogP contribution in [0.25, 0.3) is 0 Å². The molecule has 2 aromatic rings. The fourth-order valence-corrected chi connectivity index (χ4v) is 2.09. The first kappa shape index (κ1) is 18.7. The molecule has 0 spiro atoms. The SMILES string of the molecule is Cc1ccc(Cl)c(OCC(=O)O[C@@H](C)C(=O)Nc2ccc(F)cc2)c1. The summed E-state index contributed by atoms with van der Waals surface area (Å²) in [6.45, 7) is 2.91. The Morgan fingerprint density at radius 2 is 1.88 bits per heavy atom. The van der Waals surface area contributed by atoms with Gasteiger partial charge in [0, 0.05) is 5.69 Å². The highest BCUT2D eigenvalue weighted by molar-refractivity contribution is 6.32. The number of halogens is 2. The second kappa shape index (κ2) is 8.48. The molecule has 25 heavy (non-hydrogen) atoms. The molecule has 0 saturated heterocycles. The predicted molar refractivity (Wildman–Crippen MR) is 92.3 cm³/mol. The van der Waals surface area contributed by atoms with Gasteiger partial charge in [0.25, 0.3) is 5.91 Å². The van der Waals surface area contributed by atoms with Gasteiger partial charge in [0.15, 0.2) is 12.7 Å². The fraction of sp³-hybridized carbons (Fsp3) is 0.222. The Morgan fingerprint density at radius 1 is 1.20 bits per heavy atom. The molecule has 0 aromatic heterocycles. The molecule has 0 unspecified atom stereocenters. The highest BCUT2D eigenvalue weighted by atomic mass is 35.5. The number of benzene rings is 2. The van der Waals surface area contributed by atoms with Gasteiger partial charge in [-0.2, -0.15) is 0 Å². The zero-order valence-electron chi connectivity index (χ0n) is 13.7. The van der Waals surface area contributed by atoms with Gasteiger partial charge in [0.1, 0.15) is 11.6 Å². The number of carbonyl (C=O) groups excluding carboxylic acids is 2. The fourth-order valence-electron chi connectivity index (χ4n) is 1.92. The molecule has 7 heteroatoms. The molecule has 5 nitrogen and oxygen atoms in total. The molecule has 0 aliphatic rings. The normalized spacial score (nSPS) is 11.5. The summed E-state index contributed by atoms with van der Waals surface area (Å²) in [4.78, 5) is 23.8. The van der Waals surface area contributed by atoms with Crippen LogP contribution in [0.3, 0.4) is 0 Å². The van der Waals surface area contributed by atoms with Crippen LogP contribution in [-0.2, 0) is 14.3 Å². The molecule has 0 aliphatic carbocycles. The number of anilines is 1. The highest BCUT2D eigenvalue weighted by Crippen LogP contribution is 2.25. The number of carbonyl (C=O) groups is 2. The number of amides is 1. The van der Waals surface area contributed by atoms with Crippen molar-refractivity contribution in [3.05, 3.63) is 58.9 Å². The van der Waals surface area contributed by atoms with Crippen molar-refractivity contribution in [1.82, 2.24) is 0 Å². The molecule has 0 radical (unpaired) electrons. The van der Waals surface area contributed by atoms with Crippen LogP contribution in [0.4, 0.5) is 10.1 Å². The van der Waals surface area contributed by atoms with Crippen molar-refractivity contribution >= 4 is 29.2 Å². The number of hydrogen-bond donors (Lipinski definition) is 1. The zero-order valence-corrected chi connectivity index (χ0v) is 14.5. The van der Waals surface area contributed by atoms with Crippen LogP contribution in [0.1, 0.15) is 12.5 Å². The van der Waals surface area contributed by atoms with Gasteiger partial charge in [-0.3, -0.25) is 4.79 Å². The highest BCUT2D eigenvalue weighted by Gasteiger charge is 2.18. The molecule has 0 fully saturated rings. The van der Waals surface area contributed by atoms with Crippen LogP contribution < -0.4 is 10.1 Å². The molecule has 0 saturated carbocycles. The first-order valence-electron chi connectivity index (χ1n) is 7.50. The molecule has 0 aliphatic heterocycles. The average molecular weight is 366 g/mol. The summed E-state index contributed by atoms with van der Waals surface area (Å²) in [6.07, 6.45) is -1.03. The Bertz CT molecular complexity index is 764. The second-order valence-electron chi connectivity index (χ2n) is 5.35. The van der Waals surface area contributed by atoms with Crippen LogP contribution in [0, 0.1) is 12.7 Å². The molecule has 1 atom stereocenters. The molecule has 2 aromatic carbocycles. The smallest absolute Gasteiger partial charge is 0.344 e. The maximum atomic E-state index is 12.8. The number of esters is 1. The minimum absolute atomic E-state index is 0.363. The Morgan fingerprint density at radius 3 is 2.56 bits per heavy atom. The maximum absolute atomic E-state index is 12.8. The Kier molecular flexibility index (Phi) is 6.36. The molecule has 1 amide bonds. The van der Waals surface area contributed by atoms with E-state index in [1.807, 2.05) is 13.0 Å². The van der Waals surface area contributed by atoms with Crippen molar-refractivity contribution in [3.63, 3.8) is 0 Å². The molecule has 132 valence electrons. The van der Waals surface area contributed by atoms with Crippen molar-refractivity contribution in [2.45, 2.75) is 20.0 Å². The lowest BCUT2D eigenvalue weighted by Crippen LogP contribution is -2.31. The van der Waals surface area contributed by atoms with Gasteiger partial charge in [0.05, 0.1) is 5.02 Å². The Labute approximate surface area is 149 Å².